The lowest BCUT2D eigenvalue weighted by molar-refractivity contribution is 0.393. The topological polar surface area (TPSA) is 56.7 Å². The minimum Gasteiger partial charge on any atom is -0.361 e. The van der Waals surface area contributed by atoms with Crippen molar-refractivity contribution < 1.29 is 8.64 Å². The van der Waals surface area contributed by atoms with Crippen molar-refractivity contribution in [2.24, 2.45) is 0 Å². The smallest absolute Gasteiger partial charge is 0.141 e. The molecule has 5 nitrogen and oxygen atoms in total. The molecule has 0 fully saturated rings. The zero-order chi connectivity index (χ0) is 27.1. The molecule has 1 atom stereocenters. The van der Waals surface area contributed by atoms with Crippen LogP contribution >= 0.6 is 0 Å². The Hall–Kier alpha value is -4.51. The van der Waals surface area contributed by atoms with Crippen LogP contribution in [0.15, 0.2) is 102 Å². The number of benzene rings is 2. The lowest BCUT2D eigenvalue weighted by Crippen LogP contribution is -2.13. The van der Waals surface area contributed by atoms with Gasteiger partial charge in [-0.2, -0.15) is 0 Å². The maximum Gasteiger partial charge on any atom is 0.141 e. The normalized spacial score (nSPS) is 13.8. The summed E-state index contributed by atoms with van der Waals surface area (Å²) in [6, 6.07) is 25.1. The second-order valence-corrected chi connectivity index (χ2v) is 8.89. The summed E-state index contributed by atoms with van der Waals surface area (Å²) >= 11 is 0. The van der Waals surface area contributed by atoms with E-state index in [-0.39, 0.29) is 6.04 Å². The highest BCUT2D eigenvalue weighted by atomic mass is 16.5. The van der Waals surface area contributed by atoms with Crippen molar-refractivity contribution in [3.63, 3.8) is 0 Å². The largest absolute Gasteiger partial charge is 0.361 e. The van der Waals surface area contributed by atoms with Crippen LogP contribution in [0.25, 0.3) is 33.3 Å². The molecule has 0 spiro atoms. The molecule has 2 aromatic carbocycles. The Morgan fingerprint density at radius 2 is 1.69 bits per heavy atom. The van der Waals surface area contributed by atoms with Crippen molar-refractivity contribution >= 4 is 11.0 Å². The van der Waals surface area contributed by atoms with Crippen LogP contribution in [0.2, 0.25) is 0 Å². The van der Waals surface area contributed by atoms with Gasteiger partial charge in [0.1, 0.15) is 11.8 Å². The lowest BCUT2D eigenvalue weighted by Gasteiger charge is -2.20. The second-order valence-electron chi connectivity index (χ2n) is 8.89. The molecular weight excluding hydrogens is 444 g/mol. The average Bonchev–Trinajstić information content (AvgIpc) is 3.48. The van der Waals surface area contributed by atoms with Crippen LogP contribution in [0.3, 0.4) is 0 Å². The molecule has 0 saturated carbocycles. The van der Waals surface area contributed by atoms with E-state index in [0.29, 0.717) is 5.56 Å². The third-order valence-corrected chi connectivity index (χ3v) is 6.55. The maximum absolute atomic E-state index is 7.75. The van der Waals surface area contributed by atoms with E-state index in [1.165, 1.54) is 0 Å². The van der Waals surface area contributed by atoms with Gasteiger partial charge in [-0.1, -0.05) is 71.4 Å². The summed E-state index contributed by atoms with van der Waals surface area (Å²) in [6.45, 7) is 1.66. The van der Waals surface area contributed by atoms with E-state index >= 15 is 0 Å². The van der Waals surface area contributed by atoms with Gasteiger partial charge in [0.05, 0.1) is 22.4 Å². The molecule has 4 heterocycles. The van der Waals surface area contributed by atoms with Crippen molar-refractivity contribution in [3.8, 4) is 22.3 Å². The van der Waals surface area contributed by atoms with Crippen LogP contribution in [0, 0.1) is 20.7 Å². The minimum atomic E-state index is -2.16. The van der Waals surface area contributed by atoms with Gasteiger partial charge in [-0.3, -0.25) is 9.97 Å². The summed E-state index contributed by atoms with van der Waals surface area (Å²) < 4.78 is 30.9. The Balaban J connectivity index is 1.62. The van der Waals surface area contributed by atoms with Gasteiger partial charge in [-0.05, 0) is 50.0 Å². The predicted molar refractivity (Wildman–Crippen MR) is 143 cm³/mol. The molecule has 0 aliphatic carbocycles. The molecule has 0 bridgehead atoms. The fourth-order valence-electron chi connectivity index (χ4n) is 4.88. The number of hydrogen-bond acceptors (Lipinski definition) is 4. The van der Waals surface area contributed by atoms with Crippen molar-refractivity contribution in [1.82, 2.24) is 19.7 Å². The van der Waals surface area contributed by atoms with Crippen LogP contribution in [-0.4, -0.2) is 19.7 Å². The van der Waals surface area contributed by atoms with Crippen LogP contribution in [-0.2, 0) is 0 Å². The summed E-state index contributed by atoms with van der Waals surface area (Å²) in [7, 11) is 0. The standard InChI is InChI=1S/C31H26N4O/c1-20-12-14-23(15-13-20)26-19-35(31(24-9-5-4-6-10-24)27-11-7-8-16-32-27)28-17-25(18-33-30(26)28)29-21(2)34-36-22(29)3/h4-19,31H,1-3H3/t31-/m0/s1/i1D3. The highest BCUT2D eigenvalue weighted by molar-refractivity contribution is 5.95. The van der Waals surface area contributed by atoms with Gasteiger partial charge in [0.25, 0.3) is 0 Å². The monoisotopic (exact) mass is 473 g/mol. The molecule has 0 aliphatic heterocycles. The van der Waals surface area contributed by atoms with E-state index in [2.05, 4.69) is 34.1 Å². The third-order valence-electron chi connectivity index (χ3n) is 6.55. The summed E-state index contributed by atoms with van der Waals surface area (Å²) in [5.41, 5.74) is 8.45. The van der Waals surface area contributed by atoms with Crippen LogP contribution < -0.4 is 0 Å². The lowest BCUT2D eigenvalue weighted by atomic mass is 10.0. The van der Waals surface area contributed by atoms with Crippen molar-refractivity contribution in [2.75, 3.05) is 0 Å². The number of aromatic nitrogens is 4. The molecule has 0 saturated heterocycles. The van der Waals surface area contributed by atoms with Gasteiger partial charge in [0, 0.05) is 39.4 Å². The Morgan fingerprint density at radius 3 is 2.39 bits per heavy atom. The molecule has 0 aliphatic rings. The molecule has 4 aromatic heterocycles. The van der Waals surface area contributed by atoms with E-state index in [9.17, 15) is 0 Å². The van der Waals surface area contributed by atoms with Crippen LogP contribution in [0.4, 0.5) is 0 Å². The first kappa shape index (κ1) is 18.8. The molecule has 5 heteroatoms. The minimum absolute atomic E-state index is 0.216. The first-order valence-electron chi connectivity index (χ1n) is 13.3. The molecule has 0 amide bonds. The summed E-state index contributed by atoms with van der Waals surface area (Å²) in [5.74, 6) is 0.733. The zero-order valence-corrected chi connectivity index (χ0v) is 20.0. The fraction of sp³-hybridized carbons (Fsp3) is 0.129. The predicted octanol–water partition coefficient (Wildman–Crippen LogP) is 7.32. The van der Waals surface area contributed by atoms with Crippen molar-refractivity contribution in [2.45, 2.75) is 26.7 Å². The Morgan fingerprint density at radius 1 is 0.889 bits per heavy atom. The number of aryl methyl sites for hydroxylation is 3. The van der Waals surface area contributed by atoms with Gasteiger partial charge >= 0.3 is 0 Å². The van der Waals surface area contributed by atoms with E-state index in [4.69, 9.17) is 18.6 Å². The van der Waals surface area contributed by atoms with Gasteiger partial charge in [0.2, 0.25) is 0 Å². The summed E-state index contributed by atoms with van der Waals surface area (Å²) in [6.07, 6.45) is 5.74. The van der Waals surface area contributed by atoms with E-state index in [1.807, 2.05) is 68.6 Å². The van der Waals surface area contributed by atoms with E-state index < -0.39 is 6.85 Å². The Kier molecular flexibility index (Phi) is 4.66. The van der Waals surface area contributed by atoms with Gasteiger partial charge in [0.15, 0.2) is 0 Å². The highest BCUT2D eigenvalue weighted by Gasteiger charge is 2.23. The quantitative estimate of drug-likeness (QED) is 0.263. The molecule has 6 aromatic rings. The number of fused-ring (bicyclic) bond motifs is 1. The van der Waals surface area contributed by atoms with Gasteiger partial charge in [-0.25, -0.2) is 0 Å². The molecule has 0 radical (unpaired) electrons. The van der Waals surface area contributed by atoms with Gasteiger partial charge < -0.3 is 9.09 Å². The molecule has 6 rings (SSSR count). The zero-order valence-electron chi connectivity index (χ0n) is 23.0. The summed E-state index contributed by atoms with van der Waals surface area (Å²) in [4.78, 5) is 9.67. The van der Waals surface area contributed by atoms with Crippen LogP contribution in [0.5, 0.6) is 0 Å². The number of pyridine rings is 2. The number of rotatable bonds is 5. The SMILES string of the molecule is [2H]C([2H])([2H])c1ccc(-c2cn([C@@H](c3ccccc3)c3ccccn3)c3cc(-c4c(C)noc4C)cnc23)cc1. The number of hydrogen-bond donors (Lipinski definition) is 0. The third kappa shape index (κ3) is 3.79. The Labute approximate surface area is 214 Å². The van der Waals surface area contributed by atoms with E-state index in [0.717, 1.165) is 56.0 Å². The second kappa shape index (κ2) is 8.93. The molecule has 0 unspecified atom stereocenters. The van der Waals surface area contributed by atoms with E-state index in [1.54, 1.807) is 18.3 Å². The van der Waals surface area contributed by atoms with Crippen LogP contribution in [0.1, 0.15) is 38.4 Å². The fourth-order valence-corrected chi connectivity index (χ4v) is 4.88. The first-order valence-corrected chi connectivity index (χ1v) is 11.8. The molecular formula is C31H26N4O. The molecule has 36 heavy (non-hydrogen) atoms. The van der Waals surface area contributed by atoms with Crippen molar-refractivity contribution in [1.29, 1.82) is 0 Å². The average molecular weight is 474 g/mol. The van der Waals surface area contributed by atoms with Crippen molar-refractivity contribution in [3.05, 3.63) is 126 Å². The number of nitrogens with zero attached hydrogens (tertiary/aromatic N) is 4. The molecule has 176 valence electrons. The maximum atomic E-state index is 7.75. The molecule has 0 N–H and O–H groups in total. The van der Waals surface area contributed by atoms with Gasteiger partial charge in [-0.15, -0.1) is 0 Å². The first-order chi connectivity index (χ1) is 18.8. The highest BCUT2D eigenvalue weighted by Crippen LogP contribution is 2.38. The Bertz CT molecular complexity index is 1700. The summed E-state index contributed by atoms with van der Waals surface area (Å²) in [5, 5.41) is 4.14.